The molecule has 2 aromatic heterocycles. The Morgan fingerprint density at radius 2 is 1.47 bits per heavy atom. The van der Waals surface area contributed by atoms with Crippen LogP contribution < -0.4 is 5.56 Å². The molecule has 0 radical (unpaired) electrons. The van der Waals surface area contributed by atoms with Gasteiger partial charge in [0.15, 0.2) is 0 Å². The molecular formula is C32H22F3N3O4S. The molecule has 0 spiro atoms. The van der Waals surface area contributed by atoms with Gasteiger partial charge in [0.05, 0.1) is 34.5 Å². The minimum atomic E-state index is -4.59. The van der Waals surface area contributed by atoms with Gasteiger partial charge in [0.1, 0.15) is 11.4 Å². The molecule has 3 heterocycles. The number of benzene rings is 3. The van der Waals surface area contributed by atoms with E-state index in [-0.39, 0.29) is 18.2 Å². The molecule has 43 heavy (non-hydrogen) atoms. The van der Waals surface area contributed by atoms with Crippen LogP contribution in [-0.4, -0.2) is 43.7 Å². The predicted molar refractivity (Wildman–Crippen MR) is 155 cm³/mol. The summed E-state index contributed by atoms with van der Waals surface area (Å²) in [5.41, 5.74) is 1.33. The highest BCUT2D eigenvalue weighted by molar-refractivity contribution is 7.22. The molecule has 2 aliphatic rings. The summed E-state index contributed by atoms with van der Waals surface area (Å²) in [6.07, 6.45) is -3.96. The van der Waals surface area contributed by atoms with Crippen LogP contribution >= 0.6 is 11.3 Å². The van der Waals surface area contributed by atoms with Crippen molar-refractivity contribution in [3.05, 3.63) is 112 Å². The summed E-state index contributed by atoms with van der Waals surface area (Å²) >= 11 is 1.20. The normalized spacial score (nSPS) is 20.0. The average molecular weight is 602 g/mol. The van der Waals surface area contributed by atoms with E-state index in [4.69, 9.17) is 0 Å². The molecule has 1 aliphatic heterocycles. The number of aliphatic hydroxyl groups is 1. The molecule has 0 atom stereocenters. The van der Waals surface area contributed by atoms with Crippen LogP contribution in [-0.2, 0) is 12.1 Å². The molecule has 11 heteroatoms. The van der Waals surface area contributed by atoms with E-state index in [1.807, 2.05) is 0 Å². The number of carbonyl (C=O) groups is 2. The molecule has 7 rings (SSSR count). The Bertz CT molecular complexity index is 1940. The maximum absolute atomic E-state index is 13.4. The number of aliphatic hydroxyl groups excluding tert-OH is 1. The highest BCUT2D eigenvalue weighted by atomic mass is 32.1. The molecule has 1 N–H and O–H groups in total. The number of amides is 2. The van der Waals surface area contributed by atoms with E-state index >= 15 is 0 Å². The van der Waals surface area contributed by atoms with Gasteiger partial charge in [0.2, 0.25) is 0 Å². The van der Waals surface area contributed by atoms with E-state index < -0.39 is 41.7 Å². The second kappa shape index (κ2) is 9.72. The number of hydrogen-bond donors (Lipinski definition) is 1. The molecule has 216 valence electrons. The van der Waals surface area contributed by atoms with Gasteiger partial charge in [0, 0.05) is 23.3 Å². The van der Waals surface area contributed by atoms with Gasteiger partial charge in [-0.25, -0.2) is 4.98 Å². The van der Waals surface area contributed by atoms with Gasteiger partial charge in [-0.15, -0.1) is 11.3 Å². The van der Waals surface area contributed by atoms with Crippen molar-refractivity contribution in [3.8, 4) is 21.6 Å². The van der Waals surface area contributed by atoms with E-state index in [1.54, 1.807) is 78.9 Å². The first-order valence-electron chi connectivity index (χ1n) is 13.5. The van der Waals surface area contributed by atoms with Crippen molar-refractivity contribution >= 4 is 33.4 Å². The topological polar surface area (TPSA) is 92.5 Å². The van der Waals surface area contributed by atoms with Crippen molar-refractivity contribution in [1.29, 1.82) is 0 Å². The lowest BCUT2D eigenvalue weighted by Crippen LogP contribution is -2.59. The molecule has 7 nitrogen and oxygen atoms in total. The first-order valence-corrected chi connectivity index (χ1v) is 14.3. The van der Waals surface area contributed by atoms with Crippen LogP contribution in [0.3, 0.4) is 0 Å². The maximum atomic E-state index is 13.4. The number of fused-ring (bicyclic) bond motifs is 2. The highest BCUT2D eigenvalue weighted by Gasteiger charge is 2.56. The summed E-state index contributed by atoms with van der Waals surface area (Å²) < 4.78 is 40.2. The monoisotopic (exact) mass is 601 g/mol. The van der Waals surface area contributed by atoms with Gasteiger partial charge in [-0.05, 0) is 28.8 Å². The number of thiophene rings is 1. The quantitative estimate of drug-likeness (QED) is 0.250. The summed E-state index contributed by atoms with van der Waals surface area (Å²) in [6, 6.07) is 22.7. The number of hydrogen-bond acceptors (Lipinski definition) is 6. The van der Waals surface area contributed by atoms with Gasteiger partial charge in [-0.3, -0.25) is 23.9 Å². The van der Waals surface area contributed by atoms with Crippen LogP contribution in [0.4, 0.5) is 13.2 Å². The van der Waals surface area contributed by atoms with Gasteiger partial charge in [-0.2, -0.15) is 13.2 Å². The Hall–Kier alpha value is -4.61. The van der Waals surface area contributed by atoms with Gasteiger partial charge in [-0.1, -0.05) is 66.7 Å². The van der Waals surface area contributed by atoms with Crippen LogP contribution in [0.25, 0.3) is 31.8 Å². The van der Waals surface area contributed by atoms with Crippen molar-refractivity contribution in [2.45, 2.75) is 37.2 Å². The smallest absolute Gasteiger partial charge is 0.393 e. The third-order valence-corrected chi connectivity index (χ3v) is 9.29. The van der Waals surface area contributed by atoms with Gasteiger partial charge < -0.3 is 5.11 Å². The largest absolute Gasteiger partial charge is 0.406 e. The lowest BCUT2D eigenvalue weighted by atomic mass is 9.68. The molecule has 1 saturated carbocycles. The summed E-state index contributed by atoms with van der Waals surface area (Å²) in [4.78, 5) is 46.5. The Labute approximate surface area is 246 Å². The van der Waals surface area contributed by atoms with Crippen LogP contribution in [0.2, 0.25) is 0 Å². The van der Waals surface area contributed by atoms with Crippen LogP contribution in [0.1, 0.15) is 39.1 Å². The summed E-state index contributed by atoms with van der Waals surface area (Å²) in [7, 11) is 0. The fourth-order valence-corrected chi connectivity index (χ4v) is 7.35. The predicted octanol–water partition coefficient (Wildman–Crippen LogP) is 6.00. The van der Waals surface area contributed by atoms with E-state index in [0.29, 0.717) is 47.7 Å². The molecule has 1 aliphatic carbocycles. The second-order valence-electron chi connectivity index (χ2n) is 10.8. The number of aromatic nitrogens is 2. The Balaban J connectivity index is 1.34. The number of halogens is 3. The van der Waals surface area contributed by atoms with E-state index in [1.165, 1.54) is 16.2 Å². The third kappa shape index (κ3) is 4.30. The Kier molecular flexibility index (Phi) is 6.15. The van der Waals surface area contributed by atoms with E-state index in [0.717, 1.165) is 6.33 Å². The van der Waals surface area contributed by atoms with E-state index in [2.05, 4.69) is 4.98 Å². The molecule has 0 unspecified atom stereocenters. The molecule has 3 aromatic carbocycles. The number of nitrogens with zero attached hydrogens (tertiary/aromatic N) is 3. The zero-order valence-corrected chi connectivity index (χ0v) is 23.2. The van der Waals surface area contributed by atoms with Crippen molar-refractivity contribution in [3.63, 3.8) is 0 Å². The van der Waals surface area contributed by atoms with Crippen molar-refractivity contribution in [2.75, 3.05) is 0 Å². The lowest BCUT2D eigenvalue weighted by molar-refractivity contribution is -0.141. The molecule has 0 bridgehead atoms. The number of alkyl halides is 3. The van der Waals surface area contributed by atoms with Crippen molar-refractivity contribution in [2.24, 2.45) is 0 Å². The first kappa shape index (κ1) is 27.2. The van der Waals surface area contributed by atoms with Crippen molar-refractivity contribution in [1.82, 2.24) is 14.5 Å². The summed E-state index contributed by atoms with van der Waals surface area (Å²) in [6.45, 7) is -1.45. The number of carbonyl (C=O) groups excluding carboxylic acids is 2. The maximum Gasteiger partial charge on any atom is 0.406 e. The Morgan fingerprint density at radius 1 is 0.860 bits per heavy atom. The highest BCUT2D eigenvalue weighted by Crippen LogP contribution is 2.50. The van der Waals surface area contributed by atoms with Gasteiger partial charge in [0.25, 0.3) is 17.4 Å². The summed E-state index contributed by atoms with van der Waals surface area (Å²) in [5.74, 6) is -0.817. The minimum absolute atomic E-state index is 0.103. The second-order valence-corrected chi connectivity index (χ2v) is 11.8. The minimum Gasteiger partial charge on any atom is -0.393 e. The van der Waals surface area contributed by atoms with Gasteiger partial charge >= 0.3 is 6.18 Å². The first-order chi connectivity index (χ1) is 20.6. The lowest BCUT2D eigenvalue weighted by Gasteiger charge is -2.50. The van der Waals surface area contributed by atoms with Crippen LogP contribution in [0.5, 0.6) is 0 Å². The number of imide groups is 1. The molecule has 5 aromatic rings. The van der Waals surface area contributed by atoms with Crippen LogP contribution in [0, 0.1) is 0 Å². The third-order valence-electron chi connectivity index (χ3n) is 8.14. The SMILES string of the molecule is O=C1c2ccccc2C(=O)N1[C@]1(c2ccc(-c3sc4ncn(CC(F)(F)F)c(=O)c4c3-c3ccccc3)cc2)C[C@@H](O)C1. The Morgan fingerprint density at radius 3 is 2.05 bits per heavy atom. The van der Waals surface area contributed by atoms with Crippen LogP contribution in [0.15, 0.2) is 90.0 Å². The van der Waals surface area contributed by atoms with Crippen molar-refractivity contribution < 1.29 is 27.9 Å². The average Bonchev–Trinajstić information content (AvgIpc) is 3.49. The number of rotatable bonds is 5. The fraction of sp³-hybridized carbons (Fsp3) is 0.188. The fourth-order valence-electron chi connectivity index (χ4n) is 6.19. The summed E-state index contributed by atoms with van der Waals surface area (Å²) in [5, 5.41) is 10.4. The molecular weight excluding hydrogens is 579 g/mol. The van der Waals surface area contributed by atoms with E-state index in [9.17, 15) is 32.7 Å². The zero-order chi connectivity index (χ0) is 30.1. The molecule has 0 saturated heterocycles. The molecule has 1 fully saturated rings. The standard InChI is InChI=1S/C32H22F3N3O4S/c33-32(34,35)16-37-17-36-27-25(30(37)42)24(18-6-2-1-3-7-18)26(43-27)19-10-12-20(13-11-19)31(14-21(39)15-31)38-28(40)22-8-4-5-9-23(22)29(38)41/h1-13,17,21,39H,14-16H2/t21-,31-. The zero-order valence-electron chi connectivity index (χ0n) is 22.3. The molecule has 2 amide bonds.